The summed E-state index contributed by atoms with van der Waals surface area (Å²) in [5.74, 6) is 0.981. The third-order valence-electron chi connectivity index (χ3n) is 3.60. The molecule has 1 aliphatic rings. The molecule has 1 aliphatic carbocycles. The van der Waals surface area contributed by atoms with Gasteiger partial charge >= 0.3 is 0 Å². The molecule has 0 radical (unpaired) electrons. The summed E-state index contributed by atoms with van der Waals surface area (Å²) in [6, 6.07) is 4.99. The first-order chi connectivity index (χ1) is 7.90. The molecular weight excluding hydrogens is 198 g/mol. The van der Waals surface area contributed by atoms with E-state index in [1.54, 1.807) is 0 Å². The van der Waals surface area contributed by atoms with E-state index in [2.05, 4.69) is 33.2 Å². The van der Waals surface area contributed by atoms with Crippen LogP contribution in [0.5, 0.6) is 0 Å². The molecule has 0 unspecified atom stereocenters. The fourth-order valence-electron chi connectivity index (χ4n) is 2.79. The lowest BCUT2D eigenvalue weighted by Gasteiger charge is -2.13. The van der Waals surface area contributed by atoms with Crippen LogP contribution < -0.4 is 5.32 Å². The van der Waals surface area contributed by atoms with Gasteiger partial charge in [0, 0.05) is 30.9 Å². The lowest BCUT2D eigenvalue weighted by Crippen LogP contribution is -2.02. The summed E-state index contributed by atoms with van der Waals surface area (Å²) >= 11 is 0. The molecule has 2 aromatic heterocycles. The monoisotopic (exact) mass is 215 g/mol. The molecule has 0 aromatic carbocycles. The first kappa shape index (κ1) is 9.70. The van der Waals surface area contributed by atoms with Crippen molar-refractivity contribution in [1.29, 1.82) is 0 Å². The van der Waals surface area contributed by atoms with E-state index in [1.807, 2.05) is 13.2 Å². The van der Waals surface area contributed by atoms with Crippen LogP contribution in [0.25, 0.3) is 10.9 Å². The summed E-state index contributed by atoms with van der Waals surface area (Å²) in [7, 11) is 1.93. The molecular formula is C13H17N3. The van der Waals surface area contributed by atoms with Gasteiger partial charge in [-0.3, -0.25) is 0 Å². The molecule has 1 saturated carbocycles. The Morgan fingerprint density at radius 3 is 2.88 bits per heavy atom. The van der Waals surface area contributed by atoms with Gasteiger partial charge in [-0.25, -0.2) is 4.98 Å². The molecule has 1 N–H and O–H groups in total. The highest BCUT2D eigenvalue weighted by molar-refractivity contribution is 5.90. The molecule has 0 saturated heterocycles. The molecule has 0 atom stereocenters. The third-order valence-corrected chi connectivity index (χ3v) is 3.60. The van der Waals surface area contributed by atoms with E-state index >= 15 is 0 Å². The van der Waals surface area contributed by atoms with Gasteiger partial charge in [-0.1, -0.05) is 12.8 Å². The molecule has 3 nitrogen and oxygen atoms in total. The van der Waals surface area contributed by atoms with E-state index in [0.717, 1.165) is 5.82 Å². The van der Waals surface area contributed by atoms with E-state index in [0.29, 0.717) is 6.04 Å². The van der Waals surface area contributed by atoms with E-state index in [4.69, 9.17) is 0 Å². The molecule has 84 valence electrons. The summed E-state index contributed by atoms with van der Waals surface area (Å²) in [5.41, 5.74) is 1.31. The largest absolute Gasteiger partial charge is 0.373 e. The molecule has 0 bridgehead atoms. The summed E-state index contributed by atoms with van der Waals surface area (Å²) in [4.78, 5) is 4.34. The summed E-state index contributed by atoms with van der Waals surface area (Å²) in [6.07, 6.45) is 9.48. The van der Waals surface area contributed by atoms with Crippen LogP contribution in [-0.2, 0) is 0 Å². The fraction of sp³-hybridized carbons (Fsp3) is 0.462. The molecule has 0 aliphatic heterocycles. The summed E-state index contributed by atoms with van der Waals surface area (Å²) < 4.78 is 2.42. The van der Waals surface area contributed by atoms with Crippen LogP contribution in [-0.4, -0.2) is 16.6 Å². The summed E-state index contributed by atoms with van der Waals surface area (Å²) in [6.45, 7) is 0. The van der Waals surface area contributed by atoms with Crippen LogP contribution in [0.4, 0.5) is 5.82 Å². The molecule has 2 aromatic rings. The van der Waals surface area contributed by atoms with E-state index in [9.17, 15) is 0 Å². The number of rotatable bonds is 2. The quantitative estimate of drug-likeness (QED) is 0.833. The van der Waals surface area contributed by atoms with Gasteiger partial charge in [-0.2, -0.15) is 0 Å². The predicted molar refractivity (Wildman–Crippen MR) is 66.8 cm³/mol. The Hall–Kier alpha value is -1.51. The molecule has 16 heavy (non-hydrogen) atoms. The van der Waals surface area contributed by atoms with Crippen molar-refractivity contribution in [3.63, 3.8) is 0 Å². The van der Waals surface area contributed by atoms with Crippen LogP contribution in [0, 0.1) is 0 Å². The first-order valence-electron chi connectivity index (χ1n) is 6.03. The van der Waals surface area contributed by atoms with E-state index in [1.165, 1.54) is 36.6 Å². The predicted octanol–water partition coefficient (Wildman–Crippen LogP) is 3.19. The Balaban J connectivity index is 2.12. The number of nitrogens with zero attached hydrogens (tertiary/aromatic N) is 2. The van der Waals surface area contributed by atoms with Crippen molar-refractivity contribution in [2.45, 2.75) is 31.7 Å². The van der Waals surface area contributed by atoms with Gasteiger partial charge in [0.05, 0.1) is 5.52 Å². The smallest absolute Gasteiger partial charge is 0.135 e. The van der Waals surface area contributed by atoms with Gasteiger partial charge in [-0.05, 0) is 25.0 Å². The lowest BCUT2D eigenvalue weighted by atomic mass is 10.2. The van der Waals surface area contributed by atoms with Crippen molar-refractivity contribution in [2.24, 2.45) is 0 Å². The number of nitrogens with one attached hydrogen (secondary N) is 1. The number of hydrogen-bond acceptors (Lipinski definition) is 2. The van der Waals surface area contributed by atoms with Gasteiger partial charge in [0.1, 0.15) is 5.82 Å². The zero-order valence-corrected chi connectivity index (χ0v) is 9.61. The Kier molecular flexibility index (Phi) is 2.31. The second-order valence-corrected chi connectivity index (χ2v) is 4.50. The van der Waals surface area contributed by atoms with Crippen molar-refractivity contribution in [3.8, 4) is 0 Å². The van der Waals surface area contributed by atoms with Crippen LogP contribution in [0.15, 0.2) is 24.5 Å². The van der Waals surface area contributed by atoms with Gasteiger partial charge in [0.25, 0.3) is 0 Å². The molecule has 3 rings (SSSR count). The van der Waals surface area contributed by atoms with Crippen LogP contribution >= 0.6 is 0 Å². The highest BCUT2D eigenvalue weighted by atomic mass is 15.0. The maximum absolute atomic E-state index is 4.34. The average molecular weight is 215 g/mol. The Morgan fingerprint density at radius 2 is 2.12 bits per heavy atom. The van der Waals surface area contributed by atoms with Crippen molar-refractivity contribution >= 4 is 16.7 Å². The topological polar surface area (TPSA) is 29.9 Å². The Bertz CT molecular complexity index is 495. The fourth-order valence-corrected chi connectivity index (χ4v) is 2.79. The minimum absolute atomic E-state index is 0.699. The second-order valence-electron chi connectivity index (χ2n) is 4.50. The number of pyridine rings is 1. The maximum Gasteiger partial charge on any atom is 0.135 e. The number of fused-ring (bicyclic) bond motifs is 1. The standard InChI is InChI=1S/C13H17N3/c1-14-13-11-7-9-16(10-4-2-3-5-10)12(11)6-8-15-13/h6-10H,2-5H2,1H3,(H,14,15). The lowest BCUT2D eigenvalue weighted by molar-refractivity contribution is 0.536. The van der Waals surface area contributed by atoms with Gasteiger partial charge in [0.2, 0.25) is 0 Å². The number of hydrogen-bond donors (Lipinski definition) is 1. The first-order valence-corrected chi connectivity index (χ1v) is 6.03. The SMILES string of the molecule is CNc1nccc2c1ccn2C1CCCC1. The Morgan fingerprint density at radius 1 is 1.31 bits per heavy atom. The van der Waals surface area contributed by atoms with Gasteiger partial charge in [0.15, 0.2) is 0 Å². The minimum Gasteiger partial charge on any atom is -0.373 e. The van der Waals surface area contributed by atoms with Crippen molar-refractivity contribution < 1.29 is 0 Å². The van der Waals surface area contributed by atoms with Crippen LogP contribution in [0.2, 0.25) is 0 Å². The average Bonchev–Trinajstić information content (AvgIpc) is 2.96. The van der Waals surface area contributed by atoms with Crippen LogP contribution in [0.1, 0.15) is 31.7 Å². The minimum atomic E-state index is 0.699. The highest BCUT2D eigenvalue weighted by Crippen LogP contribution is 2.33. The molecule has 0 spiro atoms. The zero-order valence-electron chi connectivity index (χ0n) is 9.61. The van der Waals surface area contributed by atoms with Crippen molar-refractivity contribution in [3.05, 3.63) is 24.5 Å². The van der Waals surface area contributed by atoms with Crippen molar-refractivity contribution in [1.82, 2.24) is 9.55 Å². The normalized spacial score (nSPS) is 17.1. The summed E-state index contributed by atoms with van der Waals surface area (Å²) in [5, 5.41) is 4.38. The van der Waals surface area contributed by atoms with Gasteiger partial charge < -0.3 is 9.88 Å². The van der Waals surface area contributed by atoms with Gasteiger partial charge in [-0.15, -0.1) is 0 Å². The molecule has 2 heterocycles. The van der Waals surface area contributed by atoms with E-state index < -0.39 is 0 Å². The van der Waals surface area contributed by atoms with Crippen molar-refractivity contribution in [2.75, 3.05) is 12.4 Å². The molecule has 1 fully saturated rings. The van der Waals surface area contributed by atoms with E-state index in [-0.39, 0.29) is 0 Å². The Labute approximate surface area is 95.5 Å². The third kappa shape index (κ3) is 1.39. The number of anilines is 1. The molecule has 3 heteroatoms. The number of aromatic nitrogens is 2. The van der Waals surface area contributed by atoms with Crippen LogP contribution in [0.3, 0.4) is 0 Å². The molecule has 0 amide bonds. The highest BCUT2D eigenvalue weighted by Gasteiger charge is 2.18. The maximum atomic E-state index is 4.34. The second kappa shape index (κ2) is 3.81. The zero-order chi connectivity index (χ0) is 11.0.